The van der Waals surface area contributed by atoms with Gasteiger partial charge in [0.2, 0.25) is 11.9 Å². The Labute approximate surface area is 147 Å². The summed E-state index contributed by atoms with van der Waals surface area (Å²) in [4.78, 5) is 28.9. The zero-order valence-electron chi connectivity index (χ0n) is 15.2. The molecule has 0 saturated heterocycles. The van der Waals surface area contributed by atoms with Crippen molar-refractivity contribution in [1.82, 2.24) is 20.3 Å². The minimum absolute atomic E-state index is 0.200. The summed E-state index contributed by atoms with van der Waals surface area (Å²) >= 11 is 0. The normalized spacial score (nSPS) is 11.6. The lowest BCUT2D eigenvalue weighted by Gasteiger charge is -2.17. The molecule has 1 heterocycles. The smallest absolute Gasteiger partial charge is 0.261 e. The molecule has 0 fully saturated rings. The number of nitrogens with one attached hydrogen (secondary N) is 1. The van der Waals surface area contributed by atoms with E-state index in [9.17, 15) is 4.79 Å². The SMILES string of the molecule is C[C@@H](Oc1ccccc1)C(=O)NCc1nc(N(C)C)nc(N(C)C)n1. The summed E-state index contributed by atoms with van der Waals surface area (Å²) in [6.07, 6.45) is -0.620. The Morgan fingerprint density at radius 2 is 1.60 bits per heavy atom. The van der Waals surface area contributed by atoms with Crippen molar-refractivity contribution in [3.8, 4) is 5.75 Å². The predicted octanol–water partition coefficient (Wildman–Crippen LogP) is 1.09. The Bertz CT molecular complexity index is 679. The summed E-state index contributed by atoms with van der Waals surface area (Å²) < 4.78 is 5.61. The van der Waals surface area contributed by atoms with Gasteiger partial charge in [0, 0.05) is 28.2 Å². The van der Waals surface area contributed by atoms with Crippen LogP contribution in [0.15, 0.2) is 30.3 Å². The van der Waals surface area contributed by atoms with Crippen molar-refractivity contribution in [3.05, 3.63) is 36.2 Å². The van der Waals surface area contributed by atoms with E-state index in [0.29, 0.717) is 23.5 Å². The number of rotatable bonds is 7. The van der Waals surface area contributed by atoms with Crippen molar-refractivity contribution < 1.29 is 9.53 Å². The number of hydrogen-bond donors (Lipinski definition) is 1. The van der Waals surface area contributed by atoms with Crippen molar-refractivity contribution in [3.63, 3.8) is 0 Å². The molecule has 8 heteroatoms. The highest BCUT2D eigenvalue weighted by atomic mass is 16.5. The molecule has 2 rings (SSSR count). The fourth-order valence-corrected chi connectivity index (χ4v) is 1.94. The topological polar surface area (TPSA) is 83.5 Å². The number of amides is 1. The van der Waals surface area contributed by atoms with Crippen molar-refractivity contribution in [2.45, 2.75) is 19.6 Å². The van der Waals surface area contributed by atoms with Gasteiger partial charge in [-0.3, -0.25) is 4.79 Å². The van der Waals surface area contributed by atoms with Crippen LogP contribution < -0.4 is 19.9 Å². The molecule has 25 heavy (non-hydrogen) atoms. The van der Waals surface area contributed by atoms with Gasteiger partial charge in [0.25, 0.3) is 5.91 Å². The van der Waals surface area contributed by atoms with Crippen LogP contribution in [0.5, 0.6) is 5.75 Å². The Morgan fingerprint density at radius 3 is 2.12 bits per heavy atom. The molecule has 1 aromatic carbocycles. The Hall–Kier alpha value is -2.90. The molecule has 0 bridgehead atoms. The standard InChI is InChI=1S/C17H24N6O2/c1-12(25-13-9-7-6-8-10-13)15(24)18-11-14-19-16(22(2)3)21-17(20-14)23(4)5/h6-10,12H,11H2,1-5H3,(H,18,24)/t12-/m1/s1. The van der Waals surface area contributed by atoms with Crippen LogP contribution in [-0.4, -0.2) is 55.2 Å². The van der Waals surface area contributed by atoms with Crippen LogP contribution in [0.3, 0.4) is 0 Å². The molecule has 0 radical (unpaired) electrons. The summed E-state index contributed by atoms with van der Waals surface area (Å²) in [6, 6.07) is 9.22. The monoisotopic (exact) mass is 344 g/mol. The van der Waals surface area contributed by atoms with Gasteiger partial charge in [0.1, 0.15) is 5.75 Å². The maximum Gasteiger partial charge on any atom is 0.261 e. The van der Waals surface area contributed by atoms with Gasteiger partial charge in [-0.05, 0) is 19.1 Å². The summed E-state index contributed by atoms with van der Waals surface area (Å²) in [5, 5.41) is 2.80. The number of hydrogen-bond acceptors (Lipinski definition) is 7. The highest BCUT2D eigenvalue weighted by Crippen LogP contribution is 2.12. The fraction of sp³-hybridized carbons (Fsp3) is 0.412. The predicted molar refractivity (Wildman–Crippen MR) is 96.9 cm³/mol. The quantitative estimate of drug-likeness (QED) is 0.805. The number of nitrogens with zero attached hydrogens (tertiary/aromatic N) is 5. The molecule has 0 aliphatic carbocycles. The first-order chi connectivity index (χ1) is 11.9. The number of anilines is 2. The van der Waals surface area contributed by atoms with Crippen LogP contribution in [0, 0.1) is 0 Å². The van der Waals surface area contributed by atoms with E-state index in [1.165, 1.54) is 0 Å². The van der Waals surface area contributed by atoms with Gasteiger partial charge in [-0.2, -0.15) is 15.0 Å². The number of carbonyl (C=O) groups is 1. The van der Waals surface area contributed by atoms with E-state index >= 15 is 0 Å². The molecule has 1 amide bonds. The van der Waals surface area contributed by atoms with Crippen LogP contribution in [0.25, 0.3) is 0 Å². The third kappa shape index (κ3) is 5.30. The number of aromatic nitrogens is 3. The Kier molecular flexibility index (Phi) is 6.10. The number of para-hydroxylation sites is 1. The number of ether oxygens (including phenoxy) is 1. The lowest BCUT2D eigenvalue weighted by atomic mass is 10.3. The van der Waals surface area contributed by atoms with Crippen LogP contribution in [0.4, 0.5) is 11.9 Å². The molecule has 0 unspecified atom stereocenters. The van der Waals surface area contributed by atoms with Crippen LogP contribution in [0.1, 0.15) is 12.7 Å². The Morgan fingerprint density at radius 1 is 1.04 bits per heavy atom. The highest BCUT2D eigenvalue weighted by Gasteiger charge is 2.16. The van der Waals surface area contributed by atoms with Gasteiger partial charge in [0.15, 0.2) is 11.9 Å². The maximum atomic E-state index is 12.2. The molecule has 1 aromatic heterocycles. The fourth-order valence-electron chi connectivity index (χ4n) is 1.94. The molecule has 134 valence electrons. The van der Waals surface area contributed by atoms with Gasteiger partial charge >= 0.3 is 0 Å². The minimum atomic E-state index is -0.620. The van der Waals surface area contributed by atoms with Crippen molar-refractivity contribution in [2.24, 2.45) is 0 Å². The molecule has 8 nitrogen and oxygen atoms in total. The molecule has 0 aliphatic heterocycles. The van der Waals surface area contributed by atoms with Crippen molar-refractivity contribution in [1.29, 1.82) is 0 Å². The molecular weight excluding hydrogens is 320 g/mol. The van der Waals surface area contributed by atoms with Gasteiger partial charge < -0.3 is 19.9 Å². The van der Waals surface area contributed by atoms with E-state index in [1.807, 2.05) is 58.5 Å². The van der Waals surface area contributed by atoms with Gasteiger partial charge in [-0.25, -0.2) is 0 Å². The highest BCUT2D eigenvalue weighted by molar-refractivity contribution is 5.80. The maximum absolute atomic E-state index is 12.2. The molecule has 0 saturated carbocycles. The van der Waals surface area contributed by atoms with Gasteiger partial charge in [0.05, 0.1) is 6.54 Å². The lowest BCUT2D eigenvalue weighted by molar-refractivity contribution is -0.127. The lowest BCUT2D eigenvalue weighted by Crippen LogP contribution is -2.36. The molecular formula is C17H24N6O2. The summed E-state index contributed by atoms with van der Waals surface area (Å²) in [6.45, 7) is 1.90. The summed E-state index contributed by atoms with van der Waals surface area (Å²) in [5.41, 5.74) is 0. The third-order valence-electron chi connectivity index (χ3n) is 3.30. The minimum Gasteiger partial charge on any atom is -0.481 e. The van der Waals surface area contributed by atoms with Crippen LogP contribution in [-0.2, 0) is 11.3 Å². The summed E-state index contributed by atoms with van der Waals surface area (Å²) in [5.74, 6) is 1.98. The first-order valence-electron chi connectivity index (χ1n) is 7.96. The Balaban J connectivity index is 2.01. The largest absolute Gasteiger partial charge is 0.481 e. The zero-order chi connectivity index (χ0) is 18.4. The molecule has 1 atom stereocenters. The second-order valence-electron chi connectivity index (χ2n) is 5.93. The van der Waals surface area contributed by atoms with Gasteiger partial charge in [-0.15, -0.1) is 0 Å². The van der Waals surface area contributed by atoms with Gasteiger partial charge in [-0.1, -0.05) is 18.2 Å². The van der Waals surface area contributed by atoms with E-state index < -0.39 is 6.10 Å². The first-order valence-corrected chi connectivity index (χ1v) is 7.96. The number of benzene rings is 1. The number of carbonyl (C=O) groups excluding carboxylic acids is 1. The van der Waals surface area contributed by atoms with E-state index in [-0.39, 0.29) is 12.5 Å². The van der Waals surface area contributed by atoms with Crippen molar-refractivity contribution >= 4 is 17.8 Å². The van der Waals surface area contributed by atoms with E-state index in [4.69, 9.17) is 4.74 Å². The second kappa shape index (κ2) is 8.27. The van der Waals surface area contributed by atoms with E-state index in [1.54, 1.807) is 16.7 Å². The van der Waals surface area contributed by atoms with Crippen LogP contribution in [0.2, 0.25) is 0 Å². The molecule has 1 N–H and O–H groups in total. The zero-order valence-corrected chi connectivity index (χ0v) is 15.2. The van der Waals surface area contributed by atoms with E-state index in [2.05, 4.69) is 20.3 Å². The first kappa shape index (κ1) is 18.4. The molecule has 2 aromatic rings. The molecule has 0 aliphatic rings. The van der Waals surface area contributed by atoms with Crippen LogP contribution >= 0.6 is 0 Å². The van der Waals surface area contributed by atoms with Crippen molar-refractivity contribution in [2.75, 3.05) is 38.0 Å². The average molecular weight is 344 g/mol. The summed E-state index contributed by atoms with van der Waals surface area (Å²) in [7, 11) is 7.42. The molecule has 0 spiro atoms. The van der Waals surface area contributed by atoms with E-state index in [0.717, 1.165) is 0 Å². The average Bonchev–Trinajstić information content (AvgIpc) is 2.60. The second-order valence-corrected chi connectivity index (χ2v) is 5.93. The third-order valence-corrected chi connectivity index (χ3v) is 3.30.